The van der Waals surface area contributed by atoms with E-state index in [1.807, 2.05) is 0 Å². The molecule has 2 heterocycles. The minimum atomic E-state index is -0.125. The van der Waals surface area contributed by atoms with Crippen LogP contribution in [0.5, 0.6) is 0 Å². The molecule has 0 atom stereocenters. The first-order chi connectivity index (χ1) is 10.1. The molecule has 0 aromatic carbocycles. The first-order valence-corrected chi connectivity index (χ1v) is 7.41. The van der Waals surface area contributed by atoms with E-state index in [2.05, 4.69) is 9.97 Å². The Morgan fingerprint density at radius 1 is 1.43 bits per heavy atom. The molecule has 112 valence electrons. The Kier molecular flexibility index (Phi) is 3.61. The van der Waals surface area contributed by atoms with Gasteiger partial charge in [-0.05, 0) is 25.7 Å². The molecule has 0 saturated heterocycles. The minimum Gasteiger partial charge on any atom is -0.347 e. The van der Waals surface area contributed by atoms with Crippen molar-refractivity contribution in [2.24, 2.45) is 0 Å². The number of hydrogen-bond acceptors (Lipinski definition) is 4. The van der Waals surface area contributed by atoms with E-state index in [4.69, 9.17) is 0 Å². The molecule has 3 rings (SSSR count). The summed E-state index contributed by atoms with van der Waals surface area (Å²) in [5.74, 6) is 1.17. The van der Waals surface area contributed by atoms with Crippen LogP contribution in [0.25, 0.3) is 0 Å². The fourth-order valence-corrected chi connectivity index (χ4v) is 2.50. The van der Waals surface area contributed by atoms with E-state index in [0.29, 0.717) is 18.0 Å². The van der Waals surface area contributed by atoms with Gasteiger partial charge >= 0.3 is 0 Å². The van der Waals surface area contributed by atoms with Crippen LogP contribution in [0.4, 0.5) is 0 Å². The minimum absolute atomic E-state index is 0.0673. The molecule has 0 unspecified atom stereocenters. The number of carbonyl (C=O) groups excluding carboxylic acids is 2. The van der Waals surface area contributed by atoms with Crippen LogP contribution in [-0.4, -0.2) is 58.8 Å². The molecular formula is C15H20N4O2. The van der Waals surface area contributed by atoms with Crippen molar-refractivity contribution in [3.63, 3.8) is 0 Å². The summed E-state index contributed by atoms with van der Waals surface area (Å²) >= 11 is 0. The molecule has 2 aliphatic rings. The summed E-state index contributed by atoms with van der Waals surface area (Å²) in [4.78, 5) is 36.4. The predicted octanol–water partition coefficient (Wildman–Crippen LogP) is 0.831. The highest BCUT2D eigenvalue weighted by Gasteiger charge is 2.30. The molecule has 0 bridgehead atoms. The Morgan fingerprint density at radius 3 is 2.86 bits per heavy atom. The average Bonchev–Trinajstić information content (AvgIpc) is 3.29. The summed E-state index contributed by atoms with van der Waals surface area (Å²) in [7, 11) is 3.40. The second-order valence-corrected chi connectivity index (χ2v) is 5.98. The van der Waals surface area contributed by atoms with Gasteiger partial charge < -0.3 is 9.80 Å². The van der Waals surface area contributed by atoms with Gasteiger partial charge in [0.1, 0.15) is 12.4 Å². The van der Waals surface area contributed by atoms with Crippen molar-refractivity contribution in [1.29, 1.82) is 0 Å². The number of amides is 2. The van der Waals surface area contributed by atoms with E-state index in [1.54, 1.807) is 25.2 Å². The summed E-state index contributed by atoms with van der Waals surface area (Å²) in [5.41, 5.74) is 1.40. The van der Waals surface area contributed by atoms with Crippen LogP contribution >= 0.6 is 0 Å². The molecule has 0 spiro atoms. The lowest BCUT2D eigenvalue weighted by atomic mass is 10.1. The van der Waals surface area contributed by atoms with Gasteiger partial charge in [-0.2, -0.15) is 0 Å². The first kappa shape index (κ1) is 14.0. The monoisotopic (exact) mass is 288 g/mol. The molecule has 1 aromatic heterocycles. The van der Waals surface area contributed by atoms with Crippen molar-refractivity contribution in [2.45, 2.75) is 31.6 Å². The Hall–Kier alpha value is -1.98. The SMILES string of the molecule is CN(C)C(=O)CN1CCCc2nc(C3CC3)ncc2C1=O. The van der Waals surface area contributed by atoms with Crippen LogP contribution in [-0.2, 0) is 11.2 Å². The van der Waals surface area contributed by atoms with Gasteiger partial charge in [0.25, 0.3) is 5.91 Å². The Labute approximate surface area is 124 Å². The molecule has 1 aliphatic heterocycles. The highest BCUT2D eigenvalue weighted by atomic mass is 16.2. The van der Waals surface area contributed by atoms with Crippen LogP contribution in [0.1, 0.15) is 47.1 Å². The molecule has 1 saturated carbocycles. The third-order valence-electron chi connectivity index (χ3n) is 4.01. The van der Waals surface area contributed by atoms with Gasteiger partial charge in [0.05, 0.1) is 11.3 Å². The topological polar surface area (TPSA) is 66.4 Å². The smallest absolute Gasteiger partial charge is 0.257 e. The molecule has 6 nitrogen and oxygen atoms in total. The van der Waals surface area contributed by atoms with E-state index in [9.17, 15) is 9.59 Å². The third-order valence-corrected chi connectivity index (χ3v) is 4.01. The van der Waals surface area contributed by atoms with E-state index < -0.39 is 0 Å². The van der Waals surface area contributed by atoms with E-state index in [1.165, 1.54) is 4.90 Å². The fraction of sp³-hybridized carbons (Fsp3) is 0.600. The van der Waals surface area contributed by atoms with Gasteiger partial charge in [-0.1, -0.05) is 0 Å². The molecule has 21 heavy (non-hydrogen) atoms. The number of rotatable bonds is 3. The number of hydrogen-bond donors (Lipinski definition) is 0. The van der Waals surface area contributed by atoms with Gasteiger partial charge in [-0.3, -0.25) is 9.59 Å². The average molecular weight is 288 g/mol. The highest BCUT2D eigenvalue weighted by Crippen LogP contribution is 2.38. The summed E-state index contributed by atoms with van der Waals surface area (Å²) in [6.45, 7) is 0.711. The van der Waals surface area contributed by atoms with Crippen LogP contribution in [0.2, 0.25) is 0 Å². The molecule has 0 radical (unpaired) electrons. The van der Waals surface area contributed by atoms with E-state index in [-0.39, 0.29) is 18.4 Å². The lowest BCUT2D eigenvalue weighted by molar-refractivity contribution is -0.129. The van der Waals surface area contributed by atoms with Gasteiger partial charge in [-0.15, -0.1) is 0 Å². The van der Waals surface area contributed by atoms with Crippen molar-refractivity contribution >= 4 is 11.8 Å². The molecule has 1 fully saturated rings. The standard InChI is InChI=1S/C15H20N4O2/c1-18(2)13(20)9-19-7-3-4-12-11(15(19)21)8-16-14(17-12)10-5-6-10/h8,10H,3-7,9H2,1-2H3. The van der Waals surface area contributed by atoms with E-state index >= 15 is 0 Å². The number of aromatic nitrogens is 2. The molecule has 2 amide bonds. The van der Waals surface area contributed by atoms with E-state index in [0.717, 1.165) is 37.2 Å². The largest absolute Gasteiger partial charge is 0.347 e. The second kappa shape index (κ2) is 5.42. The second-order valence-electron chi connectivity index (χ2n) is 5.98. The Bertz CT molecular complexity index is 581. The van der Waals surface area contributed by atoms with Gasteiger partial charge in [0, 0.05) is 32.8 Å². The number of fused-ring (bicyclic) bond motifs is 1. The molecular weight excluding hydrogens is 268 g/mol. The molecule has 6 heteroatoms. The summed E-state index contributed by atoms with van der Waals surface area (Å²) in [6, 6.07) is 0. The van der Waals surface area contributed by atoms with Crippen LogP contribution in [0, 0.1) is 0 Å². The number of nitrogens with zero attached hydrogens (tertiary/aromatic N) is 4. The summed E-state index contributed by atoms with van der Waals surface area (Å²) in [5, 5.41) is 0. The maximum atomic E-state index is 12.6. The van der Waals surface area contributed by atoms with Crippen molar-refractivity contribution in [3.8, 4) is 0 Å². The third kappa shape index (κ3) is 2.89. The zero-order valence-electron chi connectivity index (χ0n) is 12.5. The zero-order valence-corrected chi connectivity index (χ0v) is 12.5. The van der Waals surface area contributed by atoms with Crippen molar-refractivity contribution in [2.75, 3.05) is 27.2 Å². The number of carbonyl (C=O) groups is 2. The zero-order chi connectivity index (χ0) is 15.0. The van der Waals surface area contributed by atoms with Gasteiger partial charge in [0.15, 0.2) is 0 Å². The van der Waals surface area contributed by atoms with Crippen molar-refractivity contribution in [3.05, 3.63) is 23.3 Å². The maximum absolute atomic E-state index is 12.6. The molecule has 0 N–H and O–H groups in total. The summed E-state index contributed by atoms with van der Waals surface area (Å²) < 4.78 is 0. The number of aryl methyl sites for hydroxylation is 1. The number of likely N-dealkylation sites (N-methyl/N-ethyl adjacent to an activating group) is 1. The Morgan fingerprint density at radius 2 is 2.19 bits per heavy atom. The lowest BCUT2D eigenvalue weighted by Gasteiger charge is -2.22. The van der Waals surface area contributed by atoms with Gasteiger partial charge in [0.2, 0.25) is 5.91 Å². The first-order valence-electron chi connectivity index (χ1n) is 7.41. The lowest BCUT2D eigenvalue weighted by Crippen LogP contribution is -2.40. The van der Waals surface area contributed by atoms with Crippen LogP contribution in [0.15, 0.2) is 6.20 Å². The van der Waals surface area contributed by atoms with Crippen LogP contribution < -0.4 is 0 Å². The maximum Gasteiger partial charge on any atom is 0.257 e. The molecule has 1 aromatic rings. The van der Waals surface area contributed by atoms with Crippen LogP contribution in [0.3, 0.4) is 0 Å². The fourth-order valence-electron chi connectivity index (χ4n) is 2.50. The van der Waals surface area contributed by atoms with Gasteiger partial charge in [-0.25, -0.2) is 9.97 Å². The quantitative estimate of drug-likeness (QED) is 0.826. The Balaban J connectivity index is 1.82. The molecule has 1 aliphatic carbocycles. The van der Waals surface area contributed by atoms with Crippen molar-refractivity contribution in [1.82, 2.24) is 19.8 Å². The predicted molar refractivity (Wildman–Crippen MR) is 76.9 cm³/mol. The highest BCUT2D eigenvalue weighted by molar-refractivity contribution is 5.97. The normalized spacial score (nSPS) is 18.2. The van der Waals surface area contributed by atoms with Crippen molar-refractivity contribution < 1.29 is 9.59 Å². The summed E-state index contributed by atoms with van der Waals surface area (Å²) in [6.07, 6.45) is 5.56.